The number of carbonyl (C=O) groups is 3. The molecule has 0 aliphatic heterocycles. The number of aliphatic carboxylic acids is 2. The van der Waals surface area contributed by atoms with Crippen LogP contribution in [-0.4, -0.2) is 28.2 Å². The summed E-state index contributed by atoms with van der Waals surface area (Å²) in [6.45, 7) is 0. The molecule has 0 aromatic rings. The van der Waals surface area contributed by atoms with Crippen molar-refractivity contribution in [1.82, 2.24) is 10.9 Å². The summed E-state index contributed by atoms with van der Waals surface area (Å²) in [5.41, 5.74) is 3.48. The van der Waals surface area contributed by atoms with Crippen molar-refractivity contribution in [2.75, 3.05) is 0 Å². The third-order valence-electron chi connectivity index (χ3n) is 1.29. The van der Waals surface area contributed by atoms with Gasteiger partial charge >= 0.3 is 18.0 Å². The second-order valence-electron chi connectivity index (χ2n) is 2.61. The number of nitrogens with two attached hydrogens (primary N) is 2. The van der Waals surface area contributed by atoms with Gasteiger partial charge in [-0.3, -0.25) is 20.4 Å². The topological polar surface area (TPSA) is 168 Å². The molecule has 0 aromatic carbocycles. The number of nitrogens with one attached hydrogen (secondary N) is 2. The zero-order chi connectivity index (χ0) is 13.0. The number of unbranched alkanes of at least 4 members (excludes halogenated alkanes) is 1. The Labute approximate surface area is 91.7 Å². The van der Waals surface area contributed by atoms with Crippen molar-refractivity contribution >= 4 is 18.0 Å². The van der Waals surface area contributed by atoms with Gasteiger partial charge in [-0.25, -0.2) is 16.5 Å². The number of hydrogen-bond acceptors (Lipinski definition) is 5. The molecule has 0 aliphatic rings. The van der Waals surface area contributed by atoms with Gasteiger partial charge in [-0.2, -0.15) is 0 Å². The predicted octanol–water partition coefficient (Wildman–Crippen LogP) is -1.25. The maximum absolute atomic E-state index is 9.90. The van der Waals surface area contributed by atoms with Crippen molar-refractivity contribution in [3.8, 4) is 0 Å². The maximum Gasteiger partial charge on any atom is 0.343 e. The number of carbonyl (C=O) groups excluding carboxylic acids is 1. The van der Waals surface area contributed by atoms with Crippen LogP contribution in [0.15, 0.2) is 0 Å². The minimum Gasteiger partial charge on any atom is -0.481 e. The summed E-state index contributed by atoms with van der Waals surface area (Å²) in [4.78, 5) is 29.5. The quantitative estimate of drug-likeness (QED) is 0.150. The van der Waals surface area contributed by atoms with Crippen LogP contribution in [0.25, 0.3) is 0 Å². The molecule has 0 saturated heterocycles. The number of rotatable bonds is 5. The molecule has 0 radical (unpaired) electrons. The molecule has 0 atom stereocenters. The zero-order valence-corrected chi connectivity index (χ0v) is 8.60. The van der Waals surface area contributed by atoms with E-state index in [-0.39, 0.29) is 12.8 Å². The molecule has 0 unspecified atom stereocenters. The highest BCUT2D eigenvalue weighted by Gasteiger charge is 1.99. The summed E-state index contributed by atoms with van der Waals surface area (Å²) < 4.78 is 0. The number of carboxylic acid groups (broad SMARTS) is 2. The van der Waals surface area contributed by atoms with Crippen molar-refractivity contribution in [2.24, 2.45) is 11.7 Å². The van der Waals surface area contributed by atoms with Gasteiger partial charge in [0.15, 0.2) is 0 Å². The number of amides is 2. The van der Waals surface area contributed by atoms with E-state index in [1.54, 1.807) is 10.9 Å². The maximum atomic E-state index is 9.90. The summed E-state index contributed by atoms with van der Waals surface area (Å²) in [6.07, 6.45) is 1.02. The minimum atomic E-state index is -0.870. The SMILES string of the molecule is NNC(=O)NN.O=C(O)CCCCC(=O)O. The Balaban J connectivity index is 0. The molecule has 94 valence electrons. The monoisotopic (exact) mass is 236 g/mol. The Hall–Kier alpha value is -1.87. The van der Waals surface area contributed by atoms with E-state index in [0.29, 0.717) is 12.8 Å². The molecular weight excluding hydrogens is 220 g/mol. The largest absolute Gasteiger partial charge is 0.481 e. The van der Waals surface area contributed by atoms with E-state index in [4.69, 9.17) is 10.2 Å². The van der Waals surface area contributed by atoms with E-state index in [9.17, 15) is 14.4 Å². The summed E-state index contributed by atoms with van der Waals surface area (Å²) in [7, 11) is 0. The van der Waals surface area contributed by atoms with Crippen LogP contribution < -0.4 is 22.5 Å². The highest BCUT2D eigenvalue weighted by Crippen LogP contribution is 1.98. The Morgan fingerprint density at radius 2 is 1.19 bits per heavy atom. The number of hydrazine groups is 2. The second-order valence-corrected chi connectivity index (χ2v) is 2.61. The number of hydrogen-bond donors (Lipinski definition) is 6. The van der Waals surface area contributed by atoms with Gasteiger partial charge in [-0.05, 0) is 12.8 Å². The molecule has 9 heteroatoms. The zero-order valence-electron chi connectivity index (χ0n) is 8.60. The molecule has 0 aromatic heterocycles. The van der Waals surface area contributed by atoms with Gasteiger partial charge in [0, 0.05) is 12.8 Å². The van der Waals surface area contributed by atoms with Gasteiger partial charge < -0.3 is 10.2 Å². The van der Waals surface area contributed by atoms with E-state index in [2.05, 4.69) is 11.7 Å². The van der Waals surface area contributed by atoms with Crippen LogP contribution in [0.2, 0.25) is 0 Å². The average molecular weight is 236 g/mol. The molecule has 9 nitrogen and oxygen atoms in total. The summed E-state index contributed by atoms with van der Waals surface area (Å²) in [5, 5.41) is 16.3. The average Bonchev–Trinajstić information content (AvgIpc) is 2.23. The van der Waals surface area contributed by atoms with Gasteiger partial charge in [-0.15, -0.1) is 0 Å². The van der Waals surface area contributed by atoms with Crippen LogP contribution in [0.5, 0.6) is 0 Å². The molecule has 0 saturated carbocycles. The second kappa shape index (κ2) is 11.2. The van der Waals surface area contributed by atoms with Crippen LogP contribution in [0, 0.1) is 0 Å². The van der Waals surface area contributed by atoms with Gasteiger partial charge in [0.05, 0.1) is 0 Å². The molecule has 0 heterocycles. The van der Waals surface area contributed by atoms with Crippen LogP contribution in [0.1, 0.15) is 25.7 Å². The first-order valence-electron chi connectivity index (χ1n) is 4.34. The van der Waals surface area contributed by atoms with Crippen molar-refractivity contribution in [1.29, 1.82) is 0 Å². The van der Waals surface area contributed by atoms with E-state index in [0.717, 1.165) is 0 Å². The van der Waals surface area contributed by atoms with Crippen molar-refractivity contribution in [2.45, 2.75) is 25.7 Å². The molecule has 0 fully saturated rings. The van der Waals surface area contributed by atoms with Gasteiger partial charge in [-0.1, -0.05) is 0 Å². The van der Waals surface area contributed by atoms with Crippen LogP contribution in [-0.2, 0) is 9.59 Å². The lowest BCUT2D eigenvalue weighted by molar-refractivity contribution is -0.139. The summed E-state index contributed by atoms with van der Waals surface area (Å²) in [5.74, 6) is 7.34. The van der Waals surface area contributed by atoms with Crippen LogP contribution in [0.3, 0.4) is 0 Å². The normalized spacial score (nSPS) is 8.38. The van der Waals surface area contributed by atoms with E-state index in [1.807, 2.05) is 0 Å². The molecule has 0 bridgehead atoms. The summed E-state index contributed by atoms with van der Waals surface area (Å²) in [6, 6.07) is -0.602. The van der Waals surface area contributed by atoms with Crippen molar-refractivity contribution in [3.63, 3.8) is 0 Å². The Kier molecular flexibility index (Phi) is 11.6. The third kappa shape index (κ3) is 18.0. The standard InChI is InChI=1S/C6H10O4.CH6N4O/c7-5(8)3-1-2-4-6(9)10;2-4-1(6)5-3/h1-4H2,(H,7,8)(H,9,10);2-3H2,(H2,4,5,6). The summed E-state index contributed by atoms with van der Waals surface area (Å²) >= 11 is 0. The van der Waals surface area contributed by atoms with E-state index >= 15 is 0 Å². The fraction of sp³-hybridized carbons (Fsp3) is 0.571. The first kappa shape index (κ1) is 16.6. The van der Waals surface area contributed by atoms with Gasteiger partial charge in [0.25, 0.3) is 0 Å². The lowest BCUT2D eigenvalue weighted by Crippen LogP contribution is -2.43. The Morgan fingerprint density at radius 3 is 1.31 bits per heavy atom. The predicted molar refractivity (Wildman–Crippen MR) is 53.8 cm³/mol. The third-order valence-corrected chi connectivity index (χ3v) is 1.29. The highest BCUT2D eigenvalue weighted by atomic mass is 16.4. The lowest BCUT2D eigenvalue weighted by Gasteiger charge is -1.92. The van der Waals surface area contributed by atoms with Crippen LogP contribution >= 0.6 is 0 Å². The molecule has 2 amide bonds. The molecule has 0 rings (SSSR count). The highest BCUT2D eigenvalue weighted by molar-refractivity contribution is 5.72. The molecule has 8 N–H and O–H groups in total. The van der Waals surface area contributed by atoms with Gasteiger partial charge in [0.1, 0.15) is 0 Å². The van der Waals surface area contributed by atoms with E-state index < -0.39 is 18.0 Å². The minimum absolute atomic E-state index is 0.0628. The Bertz CT molecular complexity index is 211. The van der Waals surface area contributed by atoms with Crippen molar-refractivity contribution < 1.29 is 24.6 Å². The molecular formula is C7H16N4O5. The van der Waals surface area contributed by atoms with Gasteiger partial charge in [0.2, 0.25) is 0 Å². The molecule has 16 heavy (non-hydrogen) atoms. The van der Waals surface area contributed by atoms with Crippen molar-refractivity contribution in [3.05, 3.63) is 0 Å². The Morgan fingerprint density at radius 1 is 0.875 bits per heavy atom. The lowest BCUT2D eigenvalue weighted by atomic mass is 10.2. The number of urea groups is 1. The number of carboxylic acids is 2. The molecule has 0 spiro atoms. The fourth-order valence-electron chi connectivity index (χ4n) is 0.594. The van der Waals surface area contributed by atoms with E-state index in [1.165, 1.54) is 0 Å². The first-order valence-corrected chi connectivity index (χ1v) is 4.34. The van der Waals surface area contributed by atoms with Crippen LogP contribution in [0.4, 0.5) is 4.79 Å². The first-order chi connectivity index (χ1) is 7.43. The smallest absolute Gasteiger partial charge is 0.343 e. The fourth-order valence-corrected chi connectivity index (χ4v) is 0.594. The molecule has 0 aliphatic carbocycles.